The molecule has 1 aromatic heterocycles. The largest absolute Gasteiger partial charge is 0.464 e. The number of hydrogen-bond donors (Lipinski definition) is 1. The maximum Gasteiger partial charge on any atom is 0.356 e. The van der Waals surface area contributed by atoms with Gasteiger partial charge in [0.2, 0.25) is 0 Å². The van der Waals surface area contributed by atoms with Gasteiger partial charge in [-0.15, -0.1) is 0 Å². The Bertz CT molecular complexity index is 387. The summed E-state index contributed by atoms with van der Waals surface area (Å²) < 4.78 is 4.53. The van der Waals surface area contributed by atoms with Crippen LogP contribution in [0.3, 0.4) is 0 Å². The number of nitrogens with zero attached hydrogens (tertiary/aromatic N) is 1. The summed E-state index contributed by atoms with van der Waals surface area (Å²) in [5.41, 5.74) is 1.06. The summed E-state index contributed by atoms with van der Waals surface area (Å²) >= 11 is 0. The lowest BCUT2D eigenvalue weighted by Crippen LogP contribution is -2.05. The van der Waals surface area contributed by atoms with Crippen molar-refractivity contribution in [2.24, 2.45) is 0 Å². The molecule has 0 spiro atoms. The molecule has 0 aliphatic carbocycles. The van der Waals surface area contributed by atoms with E-state index in [2.05, 4.69) is 26.9 Å². The minimum Gasteiger partial charge on any atom is -0.464 e. The van der Waals surface area contributed by atoms with Crippen molar-refractivity contribution in [3.63, 3.8) is 0 Å². The first-order valence-corrected chi connectivity index (χ1v) is 4.45. The third-order valence-electron chi connectivity index (χ3n) is 1.66. The second kappa shape index (κ2) is 5.78. The highest BCUT2D eigenvalue weighted by Gasteiger charge is 2.04. The Labute approximate surface area is 88.7 Å². The molecule has 0 aliphatic rings. The Hall–Kier alpha value is -1.86. The Kier molecular flexibility index (Phi) is 4.32. The fourth-order valence-electron chi connectivity index (χ4n) is 0.928. The lowest BCUT2D eigenvalue weighted by atomic mass is 10.2. The Morgan fingerprint density at radius 1 is 1.60 bits per heavy atom. The van der Waals surface area contributed by atoms with Gasteiger partial charge in [-0.1, -0.05) is 11.8 Å². The molecule has 0 radical (unpaired) electrons. The quantitative estimate of drug-likeness (QED) is 0.561. The molecule has 0 amide bonds. The van der Waals surface area contributed by atoms with Gasteiger partial charge in [0.05, 0.1) is 13.7 Å². The third-order valence-corrected chi connectivity index (χ3v) is 1.66. The summed E-state index contributed by atoms with van der Waals surface area (Å²) in [6.45, 7) is 0.624. The first-order chi connectivity index (χ1) is 7.27. The normalized spacial score (nSPS) is 8.93. The van der Waals surface area contributed by atoms with Gasteiger partial charge in [-0.3, -0.25) is 0 Å². The minimum absolute atomic E-state index is 0.289. The Morgan fingerprint density at radius 3 is 2.93 bits per heavy atom. The number of esters is 1. The molecule has 1 rings (SSSR count). The molecule has 0 saturated carbocycles. The van der Waals surface area contributed by atoms with E-state index in [1.165, 1.54) is 7.11 Å². The average molecular weight is 204 g/mol. The number of hydrogen-bond acceptors (Lipinski definition) is 4. The SMILES string of the molecule is CNCC#Cc1ccc(C(=O)OC)nc1. The molecule has 0 aromatic carbocycles. The maximum atomic E-state index is 11.1. The molecule has 0 bridgehead atoms. The molecule has 1 heterocycles. The van der Waals surface area contributed by atoms with Crippen molar-refractivity contribution in [3.8, 4) is 11.8 Å². The van der Waals surface area contributed by atoms with Crippen LogP contribution in [0.2, 0.25) is 0 Å². The lowest BCUT2D eigenvalue weighted by Gasteiger charge is -1.96. The summed E-state index contributed by atoms with van der Waals surface area (Å²) in [5, 5.41) is 2.91. The predicted octanol–water partition coefficient (Wildman–Crippen LogP) is 0.439. The summed E-state index contributed by atoms with van der Waals surface area (Å²) in [6.07, 6.45) is 1.55. The number of ether oxygens (including phenoxy) is 1. The maximum absolute atomic E-state index is 11.1. The standard InChI is InChI=1S/C11H12N2O2/c1-12-7-3-4-9-5-6-10(13-8-9)11(14)15-2/h5-6,8,12H,7H2,1-2H3. The number of carbonyl (C=O) groups excluding carboxylic acids is 1. The molecule has 15 heavy (non-hydrogen) atoms. The molecule has 0 atom stereocenters. The van der Waals surface area contributed by atoms with Crippen LogP contribution in [0.25, 0.3) is 0 Å². The van der Waals surface area contributed by atoms with Crippen LogP contribution in [0.5, 0.6) is 0 Å². The molecule has 1 N–H and O–H groups in total. The van der Waals surface area contributed by atoms with Crippen molar-refractivity contribution in [2.45, 2.75) is 0 Å². The zero-order valence-corrected chi connectivity index (χ0v) is 8.70. The highest BCUT2D eigenvalue weighted by atomic mass is 16.5. The molecular formula is C11H12N2O2. The fourth-order valence-corrected chi connectivity index (χ4v) is 0.928. The van der Waals surface area contributed by atoms with Crippen LogP contribution >= 0.6 is 0 Å². The van der Waals surface area contributed by atoms with Crippen LogP contribution in [0.4, 0.5) is 0 Å². The van der Waals surface area contributed by atoms with Crippen molar-refractivity contribution in [1.82, 2.24) is 10.3 Å². The highest BCUT2D eigenvalue weighted by Crippen LogP contribution is 1.99. The Balaban J connectivity index is 2.73. The number of nitrogens with one attached hydrogen (secondary N) is 1. The van der Waals surface area contributed by atoms with E-state index < -0.39 is 5.97 Å². The van der Waals surface area contributed by atoms with Gasteiger partial charge in [0.15, 0.2) is 0 Å². The zero-order valence-electron chi connectivity index (χ0n) is 8.70. The fraction of sp³-hybridized carbons (Fsp3) is 0.273. The molecule has 4 nitrogen and oxygen atoms in total. The number of aromatic nitrogens is 1. The van der Waals surface area contributed by atoms with Crippen molar-refractivity contribution in [2.75, 3.05) is 20.7 Å². The van der Waals surface area contributed by atoms with Gasteiger partial charge in [-0.2, -0.15) is 0 Å². The van der Waals surface area contributed by atoms with E-state index in [1.54, 1.807) is 18.3 Å². The van der Waals surface area contributed by atoms with Crippen LogP contribution in [0.15, 0.2) is 18.3 Å². The van der Waals surface area contributed by atoms with Crippen LogP contribution in [-0.2, 0) is 4.74 Å². The number of rotatable bonds is 2. The molecule has 1 aromatic rings. The van der Waals surface area contributed by atoms with Crippen molar-refractivity contribution in [1.29, 1.82) is 0 Å². The van der Waals surface area contributed by atoms with Gasteiger partial charge in [0.1, 0.15) is 5.69 Å². The summed E-state index contributed by atoms with van der Waals surface area (Å²) in [4.78, 5) is 15.0. The monoisotopic (exact) mass is 204 g/mol. The molecule has 0 fully saturated rings. The topological polar surface area (TPSA) is 51.2 Å². The lowest BCUT2D eigenvalue weighted by molar-refractivity contribution is 0.0594. The van der Waals surface area contributed by atoms with Crippen molar-refractivity contribution >= 4 is 5.97 Å². The number of pyridine rings is 1. The molecule has 4 heteroatoms. The zero-order chi connectivity index (χ0) is 11.1. The summed E-state index contributed by atoms with van der Waals surface area (Å²) in [5.74, 6) is 5.36. The number of methoxy groups -OCH3 is 1. The van der Waals surface area contributed by atoms with E-state index in [-0.39, 0.29) is 5.69 Å². The van der Waals surface area contributed by atoms with E-state index >= 15 is 0 Å². The minimum atomic E-state index is -0.440. The molecule has 78 valence electrons. The van der Waals surface area contributed by atoms with E-state index in [0.29, 0.717) is 6.54 Å². The van der Waals surface area contributed by atoms with E-state index in [0.717, 1.165) is 5.56 Å². The van der Waals surface area contributed by atoms with Gasteiger partial charge in [-0.25, -0.2) is 9.78 Å². The van der Waals surface area contributed by atoms with Crippen LogP contribution in [0.1, 0.15) is 16.1 Å². The van der Waals surface area contributed by atoms with E-state index in [1.807, 2.05) is 7.05 Å². The van der Waals surface area contributed by atoms with Crippen molar-refractivity contribution < 1.29 is 9.53 Å². The van der Waals surface area contributed by atoms with Gasteiger partial charge in [0, 0.05) is 11.8 Å². The smallest absolute Gasteiger partial charge is 0.356 e. The summed E-state index contributed by atoms with van der Waals surface area (Å²) in [6, 6.07) is 3.33. The molecular weight excluding hydrogens is 192 g/mol. The van der Waals surface area contributed by atoms with Crippen molar-refractivity contribution in [3.05, 3.63) is 29.6 Å². The van der Waals surface area contributed by atoms with Gasteiger partial charge < -0.3 is 10.1 Å². The van der Waals surface area contributed by atoms with Gasteiger partial charge in [-0.05, 0) is 19.2 Å². The molecule has 0 aliphatic heterocycles. The van der Waals surface area contributed by atoms with Crippen LogP contribution < -0.4 is 5.32 Å². The van der Waals surface area contributed by atoms with Gasteiger partial charge in [0.25, 0.3) is 0 Å². The van der Waals surface area contributed by atoms with Crippen LogP contribution in [-0.4, -0.2) is 31.7 Å². The second-order valence-corrected chi connectivity index (χ2v) is 2.76. The second-order valence-electron chi connectivity index (χ2n) is 2.76. The molecule has 0 unspecified atom stereocenters. The predicted molar refractivity (Wildman–Crippen MR) is 56.4 cm³/mol. The van der Waals surface area contributed by atoms with E-state index in [9.17, 15) is 4.79 Å². The molecule has 0 saturated heterocycles. The first-order valence-electron chi connectivity index (χ1n) is 4.45. The third kappa shape index (κ3) is 3.41. The van der Waals surface area contributed by atoms with Gasteiger partial charge >= 0.3 is 5.97 Å². The van der Waals surface area contributed by atoms with Crippen LogP contribution in [0, 0.1) is 11.8 Å². The Morgan fingerprint density at radius 2 is 2.40 bits per heavy atom. The summed E-state index contributed by atoms with van der Waals surface area (Å²) in [7, 11) is 3.15. The number of carbonyl (C=O) groups is 1. The first kappa shape index (κ1) is 11.2. The highest BCUT2D eigenvalue weighted by molar-refractivity contribution is 5.87. The van der Waals surface area contributed by atoms with E-state index in [4.69, 9.17) is 0 Å². The average Bonchev–Trinajstić information content (AvgIpc) is 2.29.